The average Bonchev–Trinajstić information content (AvgIpc) is 3.23. The number of rotatable bonds is 7. The molecule has 2 saturated carbocycles. The van der Waals surface area contributed by atoms with E-state index >= 15 is 0 Å². The van der Waals surface area contributed by atoms with Gasteiger partial charge in [0.25, 0.3) is 0 Å². The predicted molar refractivity (Wildman–Crippen MR) is 117 cm³/mol. The number of fused-ring (bicyclic) bond motifs is 1. The van der Waals surface area contributed by atoms with Crippen molar-refractivity contribution >= 4 is 5.82 Å². The Morgan fingerprint density at radius 2 is 1.94 bits per heavy atom. The molecule has 0 spiro atoms. The van der Waals surface area contributed by atoms with E-state index in [4.69, 9.17) is 15.6 Å². The number of ether oxygens (including phenoxy) is 2. The molecule has 2 aromatic heterocycles. The second-order valence-electron chi connectivity index (χ2n) is 9.60. The zero-order valence-electron chi connectivity index (χ0n) is 18.7. The molecule has 2 N–H and O–H groups in total. The first-order valence-corrected chi connectivity index (χ1v) is 11.4. The van der Waals surface area contributed by atoms with Crippen LogP contribution in [0.5, 0.6) is 5.75 Å². The number of hydrogen-bond acceptors (Lipinski definition) is 6. The van der Waals surface area contributed by atoms with Crippen LogP contribution in [0.3, 0.4) is 0 Å². The van der Waals surface area contributed by atoms with Crippen LogP contribution < -0.4 is 10.5 Å². The summed E-state index contributed by atoms with van der Waals surface area (Å²) in [5.74, 6) is 1.70. The van der Waals surface area contributed by atoms with Gasteiger partial charge in [-0.15, -0.1) is 0 Å². The summed E-state index contributed by atoms with van der Waals surface area (Å²) < 4.78 is 37.5. The second kappa shape index (κ2) is 8.26. The molecule has 0 aromatic carbocycles. The van der Waals surface area contributed by atoms with Gasteiger partial charge in [-0.3, -0.25) is 9.58 Å². The van der Waals surface area contributed by atoms with Crippen LogP contribution in [0.15, 0.2) is 18.3 Å². The van der Waals surface area contributed by atoms with E-state index in [-0.39, 0.29) is 17.6 Å². The van der Waals surface area contributed by atoms with Gasteiger partial charge >= 0.3 is 6.61 Å². The van der Waals surface area contributed by atoms with E-state index in [1.54, 1.807) is 13.3 Å². The van der Waals surface area contributed by atoms with Gasteiger partial charge in [-0.05, 0) is 57.1 Å². The standard InChI is InChI=1S/C23H31F2N5O2/c1-12(2)30-19(9-18(28-30)13-6-20(32-23(24)25)22(26)27-10-13)21-16-7-14(8-17(16)21)29-5-4-15(11-29)31-3/h6,9-10,12,14-17,21,23H,4-5,7-8,11H2,1-3H3,(H2,26,27)/t14-,15-,16+,17-,21-/m0/s1. The van der Waals surface area contributed by atoms with E-state index in [9.17, 15) is 8.78 Å². The fourth-order valence-corrected chi connectivity index (χ4v) is 5.83. The lowest BCUT2D eigenvalue weighted by atomic mass is 10.0. The van der Waals surface area contributed by atoms with Crippen LogP contribution >= 0.6 is 0 Å². The molecule has 7 nitrogen and oxygen atoms in total. The molecule has 3 fully saturated rings. The van der Waals surface area contributed by atoms with E-state index in [1.165, 1.54) is 24.6 Å². The van der Waals surface area contributed by atoms with E-state index in [0.29, 0.717) is 41.2 Å². The lowest BCUT2D eigenvalue weighted by Gasteiger charge is -2.26. The summed E-state index contributed by atoms with van der Waals surface area (Å²) in [6.07, 6.45) is 5.51. The van der Waals surface area contributed by atoms with Gasteiger partial charge in [0.1, 0.15) is 0 Å². The lowest BCUT2D eigenvalue weighted by Crippen LogP contribution is -2.33. The number of nitrogen functional groups attached to an aromatic ring is 1. The molecule has 0 bridgehead atoms. The molecular formula is C23H31F2N5O2. The van der Waals surface area contributed by atoms with Crippen molar-refractivity contribution in [2.75, 3.05) is 25.9 Å². The first-order chi connectivity index (χ1) is 15.4. The fraction of sp³-hybridized carbons (Fsp3) is 0.652. The summed E-state index contributed by atoms with van der Waals surface area (Å²) in [6.45, 7) is 3.46. The fourth-order valence-electron chi connectivity index (χ4n) is 5.83. The van der Waals surface area contributed by atoms with Crippen LogP contribution in [-0.4, -0.2) is 58.6 Å². The minimum absolute atomic E-state index is 0.0574. The summed E-state index contributed by atoms with van der Waals surface area (Å²) in [5, 5.41) is 4.80. The Kier molecular flexibility index (Phi) is 5.57. The van der Waals surface area contributed by atoms with Crippen LogP contribution in [0, 0.1) is 11.8 Å². The zero-order valence-corrected chi connectivity index (χ0v) is 18.7. The van der Waals surface area contributed by atoms with Crippen molar-refractivity contribution in [3.63, 3.8) is 0 Å². The quantitative estimate of drug-likeness (QED) is 0.693. The first-order valence-electron chi connectivity index (χ1n) is 11.4. The highest BCUT2D eigenvalue weighted by Crippen LogP contribution is 2.64. The number of alkyl halides is 2. The molecule has 174 valence electrons. The molecule has 2 aliphatic carbocycles. The highest BCUT2D eigenvalue weighted by atomic mass is 19.3. The Hall–Kier alpha value is -2.26. The maximum absolute atomic E-state index is 12.7. The molecule has 1 saturated heterocycles. The third-order valence-electron chi connectivity index (χ3n) is 7.44. The molecule has 0 unspecified atom stereocenters. The molecular weight excluding hydrogens is 416 g/mol. The van der Waals surface area contributed by atoms with Gasteiger partial charge in [0.15, 0.2) is 11.6 Å². The number of likely N-dealkylation sites (tertiary alicyclic amines) is 1. The normalized spacial score (nSPS) is 29.8. The van der Waals surface area contributed by atoms with Gasteiger partial charge in [-0.25, -0.2) is 4.98 Å². The van der Waals surface area contributed by atoms with Gasteiger partial charge in [0, 0.05) is 55.7 Å². The number of methoxy groups -OCH3 is 1. The number of anilines is 1. The monoisotopic (exact) mass is 447 g/mol. The Morgan fingerprint density at radius 3 is 2.56 bits per heavy atom. The summed E-state index contributed by atoms with van der Waals surface area (Å²) in [5.41, 5.74) is 8.26. The molecule has 2 aromatic rings. The van der Waals surface area contributed by atoms with E-state index in [2.05, 4.69) is 39.2 Å². The van der Waals surface area contributed by atoms with Crippen LogP contribution in [0.4, 0.5) is 14.6 Å². The molecule has 5 rings (SSSR count). The maximum Gasteiger partial charge on any atom is 0.387 e. The summed E-state index contributed by atoms with van der Waals surface area (Å²) >= 11 is 0. The third-order valence-corrected chi connectivity index (χ3v) is 7.44. The Bertz CT molecular complexity index is 969. The van der Waals surface area contributed by atoms with Crippen molar-refractivity contribution in [3.8, 4) is 17.0 Å². The minimum atomic E-state index is -2.95. The van der Waals surface area contributed by atoms with Crippen molar-refractivity contribution in [1.29, 1.82) is 0 Å². The molecule has 9 heteroatoms. The first kappa shape index (κ1) is 21.6. The average molecular weight is 448 g/mol. The van der Waals surface area contributed by atoms with E-state index in [0.717, 1.165) is 19.5 Å². The number of nitrogens with two attached hydrogens (primary N) is 1. The zero-order chi connectivity index (χ0) is 22.6. The summed E-state index contributed by atoms with van der Waals surface area (Å²) in [4.78, 5) is 6.64. The number of hydrogen-bond donors (Lipinski definition) is 1. The van der Waals surface area contributed by atoms with Crippen LogP contribution in [-0.2, 0) is 4.74 Å². The van der Waals surface area contributed by atoms with Gasteiger partial charge < -0.3 is 15.2 Å². The molecule has 32 heavy (non-hydrogen) atoms. The number of pyridine rings is 1. The van der Waals surface area contributed by atoms with Gasteiger partial charge in [-0.2, -0.15) is 13.9 Å². The van der Waals surface area contributed by atoms with Crippen molar-refractivity contribution in [2.45, 2.75) is 63.8 Å². The molecule has 3 heterocycles. The van der Waals surface area contributed by atoms with Crippen LogP contribution in [0.1, 0.15) is 50.8 Å². The third kappa shape index (κ3) is 3.85. The van der Waals surface area contributed by atoms with E-state index < -0.39 is 6.61 Å². The topological polar surface area (TPSA) is 78.4 Å². The second-order valence-corrected chi connectivity index (χ2v) is 9.60. The van der Waals surface area contributed by atoms with Crippen LogP contribution in [0.25, 0.3) is 11.3 Å². The smallest absolute Gasteiger partial charge is 0.387 e. The highest BCUT2D eigenvalue weighted by molar-refractivity contribution is 5.64. The summed E-state index contributed by atoms with van der Waals surface area (Å²) in [6, 6.07) is 4.45. The maximum atomic E-state index is 12.7. The number of aromatic nitrogens is 3. The lowest BCUT2D eigenvalue weighted by molar-refractivity contribution is -0.0494. The minimum Gasteiger partial charge on any atom is -0.431 e. The summed E-state index contributed by atoms with van der Waals surface area (Å²) in [7, 11) is 1.81. The Balaban J connectivity index is 1.34. The van der Waals surface area contributed by atoms with Crippen molar-refractivity contribution in [1.82, 2.24) is 19.7 Å². The molecule has 0 amide bonds. The Morgan fingerprint density at radius 1 is 1.19 bits per heavy atom. The molecule has 1 aliphatic heterocycles. The van der Waals surface area contributed by atoms with Gasteiger partial charge in [0.2, 0.25) is 0 Å². The molecule has 0 radical (unpaired) electrons. The van der Waals surface area contributed by atoms with E-state index in [1.807, 2.05) is 0 Å². The largest absolute Gasteiger partial charge is 0.431 e. The van der Waals surface area contributed by atoms with Gasteiger partial charge in [-0.1, -0.05) is 0 Å². The number of halogens is 2. The predicted octanol–water partition coefficient (Wildman–Crippen LogP) is 3.92. The highest BCUT2D eigenvalue weighted by Gasteiger charge is 2.59. The van der Waals surface area contributed by atoms with Crippen molar-refractivity contribution in [3.05, 3.63) is 24.0 Å². The van der Waals surface area contributed by atoms with Gasteiger partial charge in [0.05, 0.1) is 11.8 Å². The SMILES string of the molecule is CO[C@H]1CCN([C@H]2C[C@@H]3[C@H](C2)[C@H]3c2cc(-c3cnc(N)c(OC(F)F)c3)nn2C(C)C)C1. The molecule has 3 aliphatic rings. The van der Waals surface area contributed by atoms with Crippen molar-refractivity contribution < 1.29 is 18.3 Å². The molecule has 5 atom stereocenters. The number of nitrogens with zero attached hydrogens (tertiary/aromatic N) is 4. The Labute approximate surface area is 186 Å². The van der Waals surface area contributed by atoms with Crippen molar-refractivity contribution in [2.24, 2.45) is 11.8 Å². The van der Waals surface area contributed by atoms with Crippen LogP contribution in [0.2, 0.25) is 0 Å².